The predicted molar refractivity (Wildman–Crippen MR) is 76.1 cm³/mol. The van der Waals surface area contributed by atoms with E-state index >= 15 is 0 Å². The molecule has 1 fully saturated rings. The van der Waals surface area contributed by atoms with E-state index in [1.54, 1.807) is 4.90 Å². The van der Waals surface area contributed by atoms with Gasteiger partial charge in [0.25, 0.3) is 0 Å². The summed E-state index contributed by atoms with van der Waals surface area (Å²) in [6.07, 6.45) is 0.223. The lowest BCUT2D eigenvalue weighted by atomic mass is 10.1. The van der Waals surface area contributed by atoms with Crippen molar-refractivity contribution in [2.45, 2.75) is 20.3 Å². The molecule has 2 rings (SSSR count). The first-order valence-electron chi connectivity index (χ1n) is 6.09. The molecule has 1 aliphatic heterocycles. The zero-order valence-corrected chi connectivity index (χ0v) is 12.8. The van der Waals surface area contributed by atoms with Crippen LogP contribution in [0.5, 0.6) is 0 Å². The molecule has 1 amide bonds. The lowest BCUT2D eigenvalue weighted by Gasteiger charge is -2.20. The minimum atomic E-state index is -0.360. The third-order valence-electron chi connectivity index (χ3n) is 3.43. The van der Waals surface area contributed by atoms with Crippen molar-refractivity contribution in [3.05, 3.63) is 27.7 Å². The van der Waals surface area contributed by atoms with Gasteiger partial charge in [0.2, 0.25) is 5.91 Å². The second-order valence-corrected chi connectivity index (χ2v) is 5.67. The zero-order valence-electron chi connectivity index (χ0n) is 11.2. The summed E-state index contributed by atoms with van der Waals surface area (Å²) in [6.45, 7) is 4.33. The Labute approximate surface area is 120 Å². The van der Waals surface area contributed by atoms with Gasteiger partial charge in [-0.2, -0.15) is 0 Å². The Kier molecular flexibility index (Phi) is 3.94. The summed E-state index contributed by atoms with van der Waals surface area (Å²) in [7, 11) is 1.35. The Hall–Kier alpha value is -1.36. The topological polar surface area (TPSA) is 46.6 Å². The molecule has 0 saturated carbocycles. The predicted octanol–water partition coefficient (Wildman–Crippen LogP) is 2.59. The van der Waals surface area contributed by atoms with Gasteiger partial charge in [-0.1, -0.05) is 15.9 Å². The monoisotopic (exact) mass is 325 g/mol. The number of benzene rings is 1. The van der Waals surface area contributed by atoms with E-state index in [-0.39, 0.29) is 24.2 Å². The number of rotatable bonds is 2. The quantitative estimate of drug-likeness (QED) is 0.785. The molecule has 0 aromatic heterocycles. The van der Waals surface area contributed by atoms with Crippen LogP contribution in [0.15, 0.2) is 16.6 Å². The lowest BCUT2D eigenvalue weighted by molar-refractivity contribution is -0.145. The smallest absolute Gasteiger partial charge is 0.311 e. The normalized spacial score (nSPS) is 18.8. The molecule has 4 nitrogen and oxygen atoms in total. The first-order valence-corrected chi connectivity index (χ1v) is 6.88. The van der Waals surface area contributed by atoms with Gasteiger partial charge in [-0.15, -0.1) is 0 Å². The van der Waals surface area contributed by atoms with Crippen LogP contribution >= 0.6 is 15.9 Å². The van der Waals surface area contributed by atoms with E-state index in [9.17, 15) is 9.59 Å². The highest BCUT2D eigenvalue weighted by Crippen LogP contribution is 2.32. The molecule has 102 valence electrons. The average molecular weight is 326 g/mol. The van der Waals surface area contributed by atoms with Crippen molar-refractivity contribution < 1.29 is 14.3 Å². The fourth-order valence-electron chi connectivity index (χ4n) is 2.32. The SMILES string of the molecule is COC(=O)C1CC(=O)N(c2cc(C)c(Br)cc2C)C1. The summed E-state index contributed by atoms with van der Waals surface area (Å²) in [4.78, 5) is 25.3. The summed E-state index contributed by atoms with van der Waals surface area (Å²) in [5.41, 5.74) is 2.95. The van der Waals surface area contributed by atoms with Crippen molar-refractivity contribution in [1.82, 2.24) is 0 Å². The Morgan fingerprint density at radius 1 is 1.37 bits per heavy atom. The van der Waals surface area contributed by atoms with Gasteiger partial charge in [-0.3, -0.25) is 9.59 Å². The number of hydrogen-bond donors (Lipinski definition) is 0. The highest BCUT2D eigenvalue weighted by Gasteiger charge is 2.36. The van der Waals surface area contributed by atoms with Crippen molar-refractivity contribution in [1.29, 1.82) is 0 Å². The molecule has 1 aromatic carbocycles. The lowest BCUT2D eigenvalue weighted by Crippen LogP contribution is -2.27. The molecule has 1 atom stereocenters. The van der Waals surface area contributed by atoms with Gasteiger partial charge < -0.3 is 9.64 Å². The van der Waals surface area contributed by atoms with E-state index in [1.165, 1.54) is 7.11 Å². The Morgan fingerprint density at radius 3 is 2.68 bits per heavy atom. The number of carbonyl (C=O) groups excluding carboxylic acids is 2. The standard InChI is InChI=1S/C14H16BrNO3/c1-8-5-12(9(2)4-11(8)15)16-7-10(6-13(16)17)14(18)19-3/h4-5,10H,6-7H2,1-3H3. The van der Waals surface area contributed by atoms with E-state index in [2.05, 4.69) is 15.9 Å². The Balaban J connectivity index is 2.30. The average Bonchev–Trinajstić information content (AvgIpc) is 2.75. The minimum Gasteiger partial charge on any atom is -0.469 e. The maximum atomic E-state index is 12.1. The molecule has 0 spiro atoms. The molecule has 1 aliphatic rings. The molecule has 19 heavy (non-hydrogen) atoms. The summed E-state index contributed by atoms with van der Waals surface area (Å²) in [5.74, 6) is -0.705. The minimum absolute atomic E-state index is 0.0276. The summed E-state index contributed by atoms with van der Waals surface area (Å²) >= 11 is 3.47. The van der Waals surface area contributed by atoms with Gasteiger partial charge in [0.1, 0.15) is 0 Å². The van der Waals surface area contributed by atoms with E-state index < -0.39 is 0 Å². The van der Waals surface area contributed by atoms with E-state index in [0.29, 0.717) is 6.54 Å². The second kappa shape index (κ2) is 5.33. The van der Waals surface area contributed by atoms with Gasteiger partial charge in [-0.25, -0.2) is 0 Å². The maximum absolute atomic E-state index is 12.1. The number of methoxy groups -OCH3 is 1. The number of esters is 1. The van der Waals surface area contributed by atoms with Gasteiger partial charge in [0.05, 0.1) is 13.0 Å². The molecule has 1 aromatic rings. The van der Waals surface area contributed by atoms with Crippen LogP contribution in [0.4, 0.5) is 5.69 Å². The molecule has 0 aliphatic carbocycles. The van der Waals surface area contributed by atoms with Crippen LogP contribution in [0, 0.1) is 19.8 Å². The molecular weight excluding hydrogens is 310 g/mol. The first-order chi connectivity index (χ1) is 8.93. The number of aryl methyl sites for hydroxylation is 2. The number of hydrogen-bond acceptors (Lipinski definition) is 3. The van der Waals surface area contributed by atoms with E-state index in [1.807, 2.05) is 26.0 Å². The second-order valence-electron chi connectivity index (χ2n) is 4.82. The number of ether oxygens (including phenoxy) is 1. The fraction of sp³-hybridized carbons (Fsp3) is 0.429. The molecule has 1 saturated heterocycles. The van der Waals surface area contributed by atoms with Crippen LogP contribution in [-0.4, -0.2) is 25.5 Å². The van der Waals surface area contributed by atoms with Crippen molar-refractivity contribution in [3.8, 4) is 0 Å². The van der Waals surface area contributed by atoms with Crippen LogP contribution in [0.25, 0.3) is 0 Å². The highest BCUT2D eigenvalue weighted by molar-refractivity contribution is 9.10. The van der Waals surface area contributed by atoms with Gasteiger partial charge in [0, 0.05) is 23.1 Å². The van der Waals surface area contributed by atoms with E-state index in [4.69, 9.17) is 4.74 Å². The molecule has 0 bridgehead atoms. The third-order valence-corrected chi connectivity index (χ3v) is 4.28. The molecular formula is C14H16BrNO3. The largest absolute Gasteiger partial charge is 0.469 e. The van der Waals surface area contributed by atoms with Crippen molar-refractivity contribution in [2.24, 2.45) is 5.92 Å². The molecule has 5 heteroatoms. The Morgan fingerprint density at radius 2 is 2.05 bits per heavy atom. The highest BCUT2D eigenvalue weighted by atomic mass is 79.9. The van der Waals surface area contributed by atoms with Crippen LogP contribution in [-0.2, 0) is 14.3 Å². The van der Waals surface area contributed by atoms with Crippen molar-refractivity contribution >= 4 is 33.5 Å². The van der Waals surface area contributed by atoms with Crippen molar-refractivity contribution in [3.63, 3.8) is 0 Å². The van der Waals surface area contributed by atoms with Gasteiger partial charge >= 0.3 is 5.97 Å². The number of halogens is 1. The number of nitrogens with zero attached hydrogens (tertiary/aromatic N) is 1. The molecule has 0 N–H and O–H groups in total. The van der Waals surface area contributed by atoms with Crippen LogP contribution < -0.4 is 4.90 Å². The zero-order chi connectivity index (χ0) is 14.2. The van der Waals surface area contributed by atoms with Crippen LogP contribution in [0.3, 0.4) is 0 Å². The maximum Gasteiger partial charge on any atom is 0.311 e. The third kappa shape index (κ3) is 2.66. The summed E-state index contributed by atoms with van der Waals surface area (Å²) < 4.78 is 5.73. The van der Waals surface area contributed by atoms with Gasteiger partial charge in [0.15, 0.2) is 0 Å². The number of amides is 1. The van der Waals surface area contributed by atoms with Crippen molar-refractivity contribution in [2.75, 3.05) is 18.6 Å². The Bertz CT molecular complexity index is 542. The van der Waals surface area contributed by atoms with Crippen LogP contribution in [0.1, 0.15) is 17.5 Å². The summed E-state index contributed by atoms with van der Waals surface area (Å²) in [6, 6.07) is 3.96. The molecule has 0 radical (unpaired) electrons. The number of carbonyl (C=O) groups is 2. The van der Waals surface area contributed by atoms with Gasteiger partial charge in [-0.05, 0) is 37.1 Å². The molecule has 1 heterocycles. The van der Waals surface area contributed by atoms with Crippen LogP contribution in [0.2, 0.25) is 0 Å². The van der Waals surface area contributed by atoms with E-state index in [0.717, 1.165) is 21.3 Å². The first kappa shape index (κ1) is 14.1. The fourth-order valence-corrected chi connectivity index (χ4v) is 2.78. The molecule has 1 unspecified atom stereocenters. The summed E-state index contributed by atoms with van der Waals surface area (Å²) in [5, 5.41) is 0. The number of anilines is 1.